The second-order valence-electron chi connectivity index (χ2n) is 6.09. The van der Waals surface area contributed by atoms with E-state index in [1.54, 1.807) is 24.5 Å². The highest BCUT2D eigenvalue weighted by Crippen LogP contribution is 2.18. The van der Waals surface area contributed by atoms with Gasteiger partial charge in [0.25, 0.3) is 0 Å². The van der Waals surface area contributed by atoms with E-state index in [1.165, 1.54) is 12.1 Å². The predicted molar refractivity (Wildman–Crippen MR) is 87.2 cm³/mol. The molecule has 0 aliphatic carbocycles. The van der Waals surface area contributed by atoms with Crippen LogP contribution in [-0.2, 0) is 11.3 Å². The molecule has 0 saturated carbocycles. The lowest BCUT2D eigenvalue weighted by atomic mass is 10.1. The van der Waals surface area contributed by atoms with Gasteiger partial charge < -0.3 is 14.6 Å². The van der Waals surface area contributed by atoms with Gasteiger partial charge >= 0.3 is 0 Å². The van der Waals surface area contributed by atoms with Crippen LogP contribution in [0.4, 0.5) is 4.39 Å². The molecule has 1 atom stereocenters. The molecule has 1 fully saturated rings. The Labute approximate surface area is 140 Å². The number of nitrogens with zero attached hydrogens (tertiary/aromatic N) is 2. The van der Waals surface area contributed by atoms with Crippen molar-refractivity contribution in [2.45, 2.75) is 12.1 Å². The molecule has 128 valence electrons. The molecular formula is C18H21FN2O3. The maximum Gasteiger partial charge on any atom is 0.134 e. The molecule has 2 heterocycles. The van der Waals surface area contributed by atoms with E-state index in [4.69, 9.17) is 9.47 Å². The van der Waals surface area contributed by atoms with Crippen molar-refractivity contribution in [3.63, 3.8) is 0 Å². The Morgan fingerprint density at radius 2 is 2.12 bits per heavy atom. The van der Waals surface area contributed by atoms with E-state index < -0.39 is 5.60 Å². The molecule has 24 heavy (non-hydrogen) atoms. The highest BCUT2D eigenvalue weighted by Gasteiger charge is 2.33. The molecule has 3 rings (SSSR count). The van der Waals surface area contributed by atoms with Crippen LogP contribution in [0.5, 0.6) is 5.75 Å². The number of aromatic nitrogens is 1. The van der Waals surface area contributed by atoms with E-state index in [-0.39, 0.29) is 19.0 Å². The van der Waals surface area contributed by atoms with Crippen LogP contribution in [0.1, 0.15) is 5.56 Å². The zero-order valence-electron chi connectivity index (χ0n) is 13.4. The number of aliphatic hydroxyl groups is 1. The number of ether oxygens (including phenoxy) is 2. The largest absolute Gasteiger partial charge is 0.490 e. The molecular weight excluding hydrogens is 311 g/mol. The smallest absolute Gasteiger partial charge is 0.134 e. The van der Waals surface area contributed by atoms with Crippen LogP contribution in [0.2, 0.25) is 0 Å². The number of rotatable bonds is 5. The predicted octanol–water partition coefficient (Wildman–Crippen LogP) is 1.86. The van der Waals surface area contributed by atoms with Crippen molar-refractivity contribution in [3.8, 4) is 5.75 Å². The second-order valence-corrected chi connectivity index (χ2v) is 6.09. The molecule has 5 nitrogen and oxygen atoms in total. The molecule has 0 amide bonds. The molecule has 2 aromatic rings. The summed E-state index contributed by atoms with van der Waals surface area (Å²) in [6.45, 7) is 2.63. The van der Waals surface area contributed by atoms with Crippen LogP contribution in [0.3, 0.4) is 0 Å². The Morgan fingerprint density at radius 3 is 2.92 bits per heavy atom. The monoisotopic (exact) mass is 332 g/mol. The number of benzene rings is 1. The summed E-state index contributed by atoms with van der Waals surface area (Å²) < 4.78 is 24.3. The summed E-state index contributed by atoms with van der Waals surface area (Å²) in [5, 5.41) is 10.8. The molecule has 1 aromatic carbocycles. The third kappa shape index (κ3) is 4.74. The van der Waals surface area contributed by atoms with Crippen LogP contribution < -0.4 is 4.74 Å². The van der Waals surface area contributed by atoms with Gasteiger partial charge in [-0.15, -0.1) is 0 Å². The van der Waals surface area contributed by atoms with Crippen molar-refractivity contribution in [3.05, 3.63) is 60.2 Å². The third-order valence-electron chi connectivity index (χ3n) is 3.90. The lowest BCUT2D eigenvalue weighted by molar-refractivity contribution is -0.0647. The number of hydrogen-bond donors (Lipinski definition) is 1. The molecule has 1 saturated heterocycles. The molecule has 6 heteroatoms. The average Bonchev–Trinajstić information content (AvgIpc) is 2.76. The molecule has 0 radical (unpaired) electrons. The summed E-state index contributed by atoms with van der Waals surface area (Å²) in [5.41, 5.74) is -0.0177. The fraction of sp³-hybridized carbons (Fsp3) is 0.389. The minimum Gasteiger partial charge on any atom is -0.490 e. The van der Waals surface area contributed by atoms with Gasteiger partial charge in [-0.3, -0.25) is 9.88 Å². The molecule has 0 spiro atoms. The minimum absolute atomic E-state index is 0.0449. The summed E-state index contributed by atoms with van der Waals surface area (Å²) in [4.78, 5) is 6.13. The van der Waals surface area contributed by atoms with E-state index in [9.17, 15) is 9.50 Å². The minimum atomic E-state index is -1.14. The average molecular weight is 332 g/mol. The van der Waals surface area contributed by atoms with Crippen molar-refractivity contribution >= 4 is 0 Å². The zero-order valence-corrected chi connectivity index (χ0v) is 13.4. The van der Waals surface area contributed by atoms with Gasteiger partial charge in [0.1, 0.15) is 23.8 Å². The Kier molecular flexibility index (Phi) is 5.40. The Morgan fingerprint density at radius 1 is 1.29 bits per heavy atom. The van der Waals surface area contributed by atoms with Gasteiger partial charge in [-0.1, -0.05) is 6.07 Å². The SMILES string of the molecule is O[C@@]1(COc2cccc(F)c2)COCCN(Cc2ccncc2)C1. The zero-order chi connectivity index (χ0) is 16.8. The summed E-state index contributed by atoms with van der Waals surface area (Å²) >= 11 is 0. The summed E-state index contributed by atoms with van der Waals surface area (Å²) in [5.74, 6) is 0.0317. The number of hydrogen-bond acceptors (Lipinski definition) is 5. The van der Waals surface area contributed by atoms with Crippen LogP contribution in [-0.4, -0.2) is 53.5 Å². The summed E-state index contributed by atoms with van der Waals surface area (Å²) in [7, 11) is 0. The first-order valence-electron chi connectivity index (χ1n) is 7.93. The van der Waals surface area contributed by atoms with Gasteiger partial charge in [-0.05, 0) is 29.8 Å². The van der Waals surface area contributed by atoms with Crippen molar-refractivity contribution < 1.29 is 19.0 Å². The third-order valence-corrected chi connectivity index (χ3v) is 3.90. The molecule has 0 unspecified atom stereocenters. The van der Waals surface area contributed by atoms with Crippen LogP contribution in [0.25, 0.3) is 0 Å². The van der Waals surface area contributed by atoms with Crippen molar-refractivity contribution in [1.82, 2.24) is 9.88 Å². The fourth-order valence-corrected chi connectivity index (χ4v) is 2.74. The topological polar surface area (TPSA) is 54.8 Å². The van der Waals surface area contributed by atoms with E-state index in [0.29, 0.717) is 25.4 Å². The van der Waals surface area contributed by atoms with Gasteiger partial charge in [-0.2, -0.15) is 0 Å². The lowest BCUT2D eigenvalue weighted by Crippen LogP contribution is -2.48. The summed E-state index contributed by atoms with van der Waals surface area (Å²) in [6, 6.07) is 9.80. The van der Waals surface area contributed by atoms with Crippen LogP contribution in [0, 0.1) is 5.82 Å². The molecule has 1 aliphatic heterocycles. The van der Waals surface area contributed by atoms with Crippen LogP contribution in [0.15, 0.2) is 48.8 Å². The van der Waals surface area contributed by atoms with Gasteiger partial charge in [0.15, 0.2) is 0 Å². The van der Waals surface area contributed by atoms with Gasteiger partial charge in [-0.25, -0.2) is 4.39 Å². The Balaban J connectivity index is 1.62. The molecule has 1 N–H and O–H groups in total. The highest BCUT2D eigenvalue weighted by atomic mass is 19.1. The van der Waals surface area contributed by atoms with Gasteiger partial charge in [0, 0.05) is 38.1 Å². The standard InChI is InChI=1S/C18H21FN2O3/c19-16-2-1-3-17(10-16)24-14-18(22)12-21(8-9-23-13-18)11-15-4-6-20-7-5-15/h1-7,10,22H,8-9,11-14H2/t18-/m1/s1. The summed E-state index contributed by atoms with van der Waals surface area (Å²) in [6.07, 6.45) is 3.51. The van der Waals surface area contributed by atoms with E-state index in [2.05, 4.69) is 9.88 Å². The lowest BCUT2D eigenvalue weighted by Gasteiger charge is -2.30. The fourth-order valence-electron chi connectivity index (χ4n) is 2.74. The van der Waals surface area contributed by atoms with E-state index in [0.717, 1.165) is 12.1 Å². The Bertz CT molecular complexity index is 656. The normalized spacial score (nSPS) is 22.1. The quantitative estimate of drug-likeness (QED) is 0.906. The van der Waals surface area contributed by atoms with Gasteiger partial charge in [0.2, 0.25) is 0 Å². The number of β-amino-alcohol motifs (C(OH)–C–C–N with tert-alkyl or cyclic N) is 1. The van der Waals surface area contributed by atoms with Crippen molar-refractivity contribution in [2.24, 2.45) is 0 Å². The van der Waals surface area contributed by atoms with E-state index in [1.807, 2.05) is 12.1 Å². The van der Waals surface area contributed by atoms with Gasteiger partial charge in [0.05, 0.1) is 13.2 Å². The second kappa shape index (κ2) is 7.70. The van der Waals surface area contributed by atoms with Crippen molar-refractivity contribution in [1.29, 1.82) is 0 Å². The number of pyridine rings is 1. The first-order chi connectivity index (χ1) is 11.6. The van der Waals surface area contributed by atoms with E-state index >= 15 is 0 Å². The molecule has 1 aromatic heterocycles. The highest BCUT2D eigenvalue weighted by molar-refractivity contribution is 5.22. The first kappa shape index (κ1) is 16.8. The van der Waals surface area contributed by atoms with Crippen LogP contribution >= 0.6 is 0 Å². The molecule has 1 aliphatic rings. The Hall–Kier alpha value is -2.02. The first-order valence-corrected chi connectivity index (χ1v) is 7.93. The maximum absolute atomic E-state index is 13.2. The number of halogens is 1. The maximum atomic E-state index is 13.2. The van der Waals surface area contributed by atoms with Crippen molar-refractivity contribution in [2.75, 3.05) is 32.9 Å². The molecule has 0 bridgehead atoms.